The van der Waals surface area contributed by atoms with Gasteiger partial charge in [-0.25, -0.2) is 9.98 Å². The number of hydrogen-bond donors (Lipinski definition) is 2. The van der Waals surface area contributed by atoms with Crippen LogP contribution >= 0.6 is 51.2 Å². The zero-order chi connectivity index (χ0) is 17.4. The number of rotatable bonds is 7. The van der Waals surface area contributed by atoms with Crippen molar-refractivity contribution in [2.24, 2.45) is 4.99 Å². The van der Waals surface area contributed by atoms with Crippen LogP contribution in [-0.4, -0.2) is 31.1 Å². The molecule has 0 aliphatic heterocycles. The van der Waals surface area contributed by atoms with E-state index in [9.17, 15) is 0 Å². The fourth-order valence-electron chi connectivity index (χ4n) is 2.18. The molecule has 2 N–H and O–H groups in total. The van der Waals surface area contributed by atoms with Crippen LogP contribution in [0.3, 0.4) is 0 Å². The molecule has 0 unspecified atom stereocenters. The van der Waals surface area contributed by atoms with Crippen LogP contribution in [-0.2, 0) is 13.0 Å². The Balaban J connectivity index is 0.00000312. The molecule has 25 heavy (non-hydrogen) atoms. The van der Waals surface area contributed by atoms with Gasteiger partial charge in [0.2, 0.25) is 0 Å². The molecule has 0 amide bonds. The number of ether oxygens (including phenoxy) is 1. The van der Waals surface area contributed by atoms with Crippen LogP contribution in [0.25, 0.3) is 0 Å². The highest BCUT2D eigenvalue weighted by atomic mass is 127. The Morgan fingerprint density at radius 3 is 2.80 bits per heavy atom. The van der Waals surface area contributed by atoms with Gasteiger partial charge in [0.1, 0.15) is 5.75 Å². The first-order valence-corrected chi connectivity index (χ1v) is 9.49. The van der Waals surface area contributed by atoms with Crippen molar-refractivity contribution in [2.75, 3.05) is 20.2 Å². The number of nitrogens with zero attached hydrogens (tertiary/aromatic N) is 2. The SMILES string of the molecule is CCNC(=NCc1cc(Br)ccc1OC)NCCc1ncc(C)s1.I. The predicted molar refractivity (Wildman–Crippen MR) is 119 cm³/mol. The smallest absolute Gasteiger partial charge is 0.191 e. The molecule has 1 aromatic heterocycles. The Kier molecular flexibility index (Phi) is 10.4. The van der Waals surface area contributed by atoms with E-state index in [0.29, 0.717) is 6.54 Å². The first kappa shape index (κ1) is 22.2. The molecule has 0 saturated carbocycles. The lowest BCUT2D eigenvalue weighted by Crippen LogP contribution is -2.38. The Morgan fingerprint density at radius 1 is 1.36 bits per heavy atom. The minimum Gasteiger partial charge on any atom is -0.496 e. The third-order valence-corrected chi connectivity index (χ3v) is 4.76. The van der Waals surface area contributed by atoms with Crippen molar-refractivity contribution in [3.05, 3.63) is 44.3 Å². The molecule has 0 saturated heterocycles. The zero-order valence-corrected chi connectivity index (χ0v) is 19.4. The van der Waals surface area contributed by atoms with E-state index in [4.69, 9.17) is 4.74 Å². The van der Waals surface area contributed by atoms with Gasteiger partial charge in [-0.1, -0.05) is 15.9 Å². The van der Waals surface area contributed by atoms with Gasteiger partial charge in [0.25, 0.3) is 0 Å². The van der Waals surface area contributed by atoms with Crippen LogP contribution in [0.1, 0.15) is 22.4 Å². The number of hydrogen-bond acceptors (Lipinski definition) is 4. The second-order valence-corrected chi connectivity index (χ2v) is 7.43. The van der Waals surface area contributed by atoms with Crippen molar-refractivity contribution in [1.29, 1.82) is 0 Å². The molecule has 0 fully saturated rings. The summed E-state index contributed by atoms with van der Waals surface area (Å²) in [5.74, 6) is 1.64. The molecular formula is C17H24BrIN4OS. The van der Waals surface area contributed by atoms with Crippen LogP contribution in [0.15, 0.2) is 33.9 Å². The van der Waals surface area contributed by atoms with E-state index in [0.717, 1.165) is 46.3 Å². The van der Waals surface area contributed by atoms with Crippen molar-refractivity contribution in [3.8, 4) is 5.75 Å². The molecule has 0 aliphatic rings. The highest BCUT2D eigenvalue weighted by molar-refractivity contribution is 14.0. The van der Waals surface area contributed by atoms with Gasteiger partial charge in [-0.15, -0.1) is 35.3 Å². The third-order valence-electron chi connectivity index (χ3n) is 3.29. The molecule has 0 atom stereocenters. The van der Waals surface area contributed by atoms with E-state index in [1.807, 2.05) is 24.4 Å². The Bertz CT molecular complexity index is 693. The predicted octanol–water partition coefficient (Wildman–Crippen LogP) is 4.14. The van der Waals surface area contributed by atoms with E-state index in [2.05, 4.69) is 50.4 Å². The largest absolute Gasteiger partial charge is 0.496 e. The summed E-state index contributed by atoms with van der Waals surface area (Å²) in [6.07, 6.45) is 2.81. The van der Waals surface area contributed by atoms with E-state index < -0.39 is 0 Å². The van der Waals surface area contributed by atoms with Crippen molar-refractivity contribution in [2.45, 2.75) is 26.8 Å². The van der Waals surface area contributed by atoms with Gasteiger partial charge in [0, 0.05) is 40.6 Å². The summed E-state index contributed by atoms with van der Waals surface area (Å²) in [6.45, 7) is 6.30. The monoisotopic (exact) mass is 538 g/mol. The van der Waals surface area contributed by atoms with Crippen molar-refractivity contribution in [1.82, 2.24) is 15.6 Å². The molecule has 2 aromatic rings. The van der Waals surface area contributed by atoms with E-state index in [1.54, 1.807) is 18.4 Å². The summed E-state index contributed by atoms with van der Waals surface area (Å²) in [6, 6.07) is 5.94. The van der Waals surface area contributed by atoms with Gasteiger partial charge in [0.05, 0.1) is 18.7 Å². The molecule has 138 valence electrons. The molecular weight excluding hydrogens is 515 g/mol. The average Bonchev–Trinajstić information content (AvgIpc) is 2.98. The topological polar surface area (TPSA) is 58.5 Å². The number of aliphatic imine (C=N–C) groups is 1. The Morgan fingerprint density at radius 2 is 2.16 bits per heavy atom. The van der Waals surface area contributed by atoms with Gasteiger partial charge in [0.15, 0.2) is 5.96 Å². The zero-order valence-electron chi connectivity index (χ0n) is 14.6. The van der Waals surface area contributed by atoms with E-state index in [-0.39, 0.29) is 24.0 Å². The minimum atomic E-state index is 0. The second-order valence-electron chi connectivity index (χ2n) is 5.19. The van der Waals surface area contributed by atoms with Crippen LogP contribution in [0, 0.1) is 6.92 Å². The Hall–Kier alpha value is -0.870. The highest BCUT2D eigenvalue weighted by Crippen LogP contribution is 2.23. The number of nitrogens with one attached hydrogen (secondary N) is 2. The Labute approximate surface area is 178 Å². The molecule has 8 heteroatoms. The summed E-state index contributed by atoms with van der Waals surface area (Å²) in [5.41, 5.74) is 1.04. The lowest BCUT2D eigenvalue weighted by atomic mass is 10.2. The van der Waals surface area contributed by atoms with Gasteiger partial charge in [-0.05, 0) is 32.0 Å². The fourth-order valence-corrected chi connectivity index (χ4v) is 3.38. The van der Waals surface area contributed by atoms with Gasteiger partial charge in [-0.3, -0.25) is 0 Å². The van der Waals surface area contributed by atoms with Crippen molar-refractivity contribution >= 4 is 57.2 Å². The maximum Gasteiger partial charge on any atom is 0.191 e. The van der Waals surface area contributed by atoms with Gasteiger partial charge < -0.3 is 15.4 Å². The first-order valence-electron chi connectivity index (χ1n) is 7.88. The number of halogens is 2. The standard InChI is InChI=1S/C17H23BrN4OS.HI/c1-4-19-17(20-8-7-16-21-10-12(2)24-16)22-11-13-9-14(18)5-6-15(13)23-3;/h5-6,9-10H,4,7-8,11H2,1-3H3,(H2,19,20,22);1H. The summed E-state index contributed by atoms with van der Waals surface area (Å²) in [5, 5.41) is 7.76. The number of benzene rings is 1. The van der Waals surface area contributed by atoms with Crippen molar-refractivity contribution in [3.63, 3.8) is 0 Å². The van der Waals surface area contributed by atoms with Crippen LogP contribution in [0.2, 0.25) is 0 Å². The normalized spacial score (nSPS) is 11.0. The maximum absolute atomic E-state index is 5.40. The molecule has 1 heterocycles. The molecule has 5 nitrogen and oxygen atoms in total. The number of aromatic nitrogens is 1. The molecule has 0 radical (unpaired) electrons. The van der Waals surface area contributed by atoms with Gasteiger partial charge in [-0.2, -0.15) is 0 Å². The van der Waals surface area contributed by atoms with Crippen molar-refractivity contribution < 1.29 is 4.74 Å². The number of thiazole rings is 1. The summed E-state index contributed by atoms with van der Waals surface area (Å²) >= 11 is 5.23. The van der Waals surface area contributed by atoms with Crippen LogP contribution < -0.4 is 15.4 Å². The van der Waals surface area contributed by atoms with E-state index in [1.165, 1.54) is 4.88 Å². The van der Waals surface area contributed by atoms with E-state index >= 15 is 0 Å². The second kappa shape index (κ2) is 11.7. The molecule has 1 aromatic carbocycles. The lowest BCUT2D eigenvalue weighted by Gasteiger charge is -2.12. The quantitative estimate of drug-likeness (QED) is 0.316. The first-order chi connectivity index (χ1) is 11.6. The van der Waals surface area contributed by atoms with Crippen LogP contribution in [0.4, 0.5) is 0 Å². The summed E-state index contributed by atoms with van der Waals surface area (Å²) in [7, 11) is 1.68. The lowest BCUT2D eigenvalue weighted by molar-refractivity contribution is 0.409. The molecule has 2 rings (SSSR count). The highest BCUT2D eigenvalue weighted by Gasteiger charge is 2.05. The van der Waals surface area contributed by atoms with Gasteiger partial charge >= 0.3 is 0 Å². The fraction of sp³-hybridized carbons (Fsp3) is 0.412. The average molecular weight is 539 g/mol. The molecule has 0 bridgehead atoms. The number of methoxy groups -OCH3 is 1. The minimum absolute atomic E-state index is 0. The van der Waals surface area contributed by atoms with Crippen LogP contribution in [0.5, 0.6) is 5.75 Å². The molecule has 0 aliphatic carbocycles. The third kappa shape index (κ3) is 7.49. The molecule has 0 spiro atoms. The summed E-state index contributed by atoms with van der Waals surface area (Å²) < 4.78 is 6.42. The number of aryl methyl sites for hydroxylation is 1. The number of guanidine groups is 1. The maximum atomic E-state index is 5.40. The summed E-state index contributed by atoms with van der Waals surface area (Å²) in [4.78, 5) is 10.3.